The third-order valence-electron chi connectivity index (χ3n) is 2.71. The topological polar surface area (TPSA) is 38.7 Å². The lowest BCUT2D eigenvalue weighted by Gasteiger charge is -2.17. The van der Waals surface area contributed by atoms with Crippen molar-refractivity contribution in [1.29, 1.82) is 0 Å². The van der Waals surface area contributed by atoms with Gasteiger partial charge in [0, 0.05) is 6.42 Å². The van der Waals surface area contributed by atoms with Crippen LogP contribution in [0.5, 0.6) is 0 Å². The molecule has 1 saturated heterocycles. The zero-order valence-corrected chi connectivity index (χ0v) is 9.15. The van der Waals surface area contributed by atoms with Gasteiger partial charge < -0.3 is 14.6 Å². The van der Waals surface area contributed by atoms with E-state index in [1.807, 2.05) is 6.92 Å². The molecule has 2 rings (SSSR count). The van der Waals surface area contributed by atoms with Gasteiger partial charge in [-0.1, -0.05) is 6.07 Å². The summed E-state index contributed by atoms with van der Waals surface area (Å²) in [6.07, 6.45) is -0.791. The summed E-state index contributed by atoms with van der Waals surface area (Å²) < 4.78 is 23.5. The number of hydrogen-bond acceptors (Lipinski definition) is 3. The Kier molecular flexibility index (Phi) is 3.53. The molecular weight excluding hydrogens is 211 g/mol. The fraction of sp³-hybridized carbons (Fsp3) is 0.500. The summed E-state index contributed by atoms with van der Waals surface area (Å²) in [5, 5.41) is 9.96. The van der Waals surface area contributed by atoms with Crippen molar-refractivity contribution < 1.29 is 19.0 Å². The molecule has 1 aliphatic rings. The lowest BCUT2D eigenvalue weighted by Crippen LogP contribution is -2.14. The van der Waals surface area contributed by atoms with Gasteiger partial charge in [-0.05, 0) is 30.2 Å². The van der Waals surface area contributed by atoms with Crippen LogP contribution in [-0.4, -0.2) is 24.6 Å². The lowest BCUT2D eigenvalue weighted by atomic mass is 10.0. The first-order chi connectivity index (χ1) is 7.66. The van der Waals surface area contributed by atoms with Crippen LogP contribution in [0.15, 0.2) is 18.2 Å². The minimum Gasteiger partial charge on any atom is -0.388 e. The molecule has 1 fully saturated rings. The summed E-state index contributed by atoms with van der Waals surface area (Å²) in [5.41, 5.74) is 1.46. The molecule has 1 N–H and O–H groups in total. The van der Waals surface area contributed by atoms with Gasteiger partial charge in [0.25, 0.3) is 0 Å². The molecule has 3 nitrogen and oxygen atoms in total. The van der Waals surface area contributed by atoms with E-state index in [0.717, 1.165) is 5.56 Å². The zero-order valence-electron chi connectivity index (χ0n) is 9.15. The number of benzene rings is 1. The number of aliphatic hydroxyl groups is 1. The highest BCUT2D eigenvalue weighted by Gasteiger charge is 2.22. The highest BCUT2D eigenvalue weighted by Crippen LogP contribution is 2.25. The Morgan fingerprint density at radius 3 is 2.81 bits per heavy atom. The molecule has 1 unspecified atom stereocenters. The SMILES string of the molecule is Cc1ccc(F)cc1C(O)CC1OCCO1. The van der Waals surface area contributed by atoms with E-state index in [9.17, 15) is 9.50 Å². The normalized spacial score (nSPS) is 18.9. The van der Waals surface area contributed by atoms with E-state index in [0.29, 0.717) is 25.2 Å². The van der Waals surface area contributed by atoms with Gasteiger partial charge in [-0.3, -0.25) is 0 Å². The minimum absolute atomic E-state index is 0.338. The van der Waals surface area contributed by atoms with Crippen molar-refractivity contribution in [2.75, 3.05) is 13.2 Å². The maximum atomic E-state index is 13.0. The third kappa shape index (κ3) is 2.58. The van der Waals surface area contributed by atoms with Crippen LogP contribution in [0.1, 0.15) is 23.7 Å². The molecule has 1 aliphatic heterocycles. The summed E-state index contributed by atoms with van der Waals surface area (Å²) >= 11 is 0. The molecule has 1 heterocycles. The lowest BCUT2D eigenvalue weighted by molar-refractivity contribution is -0.0708. The Morgan fingerprint density at radius 1 is 1.44 bits per heavy atom. The van der Waals surface area contributed by atoms with Crippen LogP contribution in [0.3, 0.4) is 0 Å². The van der Waals surface area contributed by atoms with E-state index in [4.69, 9.17) is 9.47 Å². The van der Waals surface area contributed by atoms with Crippen LogP contribution in [-0.2, 0) is 9.47 Å². The van der Waals surface area contributed by atoms with E-state index in [1.165, 1.54) is 12.1 Å². The average molecular weight is 226 g/mol. The van der Waals surface area contributed by atoms with Gasteiger partial charge >= 0.3 is 0 Å². The Labute approximate surface area is 93.8 Å². The van der Waals surface area contributed by atoms with E-state index < -0.39 is 6.10 Å². The van der Waals surface area contributed by atoms with Crippen molar-refractivity contribution in [3.05, 3.63) is 35.1 Å². The molecule has 0 spiro atoms. The van der Waals surface area contributed by atoms with E-state index in [1.54, 1.807) is 6.07 Å². The maximum absolute atomic E-state index is 13.0. The average Bonchev–Trinajstić information content (AvgIpc) is 2.74. The molecule has 0 amide bonds. The van der Waals surface area contributed by atoms with Crippen LogP contribution in [0.25, 0.3) is 0 Å². The van der Waals surface area contributed by atoms with Crippen LogP contribution in [0.2, 0.25) is 0 Å². The van der Waals surface area contributed by atoms with Crippen molar-refractivity contribution in [1.82, 2.24) is 0 Å². The molecule has 0 aromatic heterocycles. The molecule has 88 valence electrons. The molecule has 1 aromatic carbocycles. The van der Waals surface area contributed by atoms with Crippen LogP contribution >= 0.6 is 0 Å². The third-order valence-corrected chi connectivity index (χ3v) is 2.71. The number of aliphatic hydroxyl groups excluding tert-OH is 1. The van der Waals surface area contributed by atoms with Gasteiger partial charge in [-0.25, -0.2) is 4.39 Å². The predicted octanol–water partition coefficient (Wildman–Crippen LogP) is 1.93. The fourth-order valence-electron chi connectivity index (χ4n) is 1.82. The van der Waals surface area contributed by atoms with Gasteiger partial charge in [-0.2, -0.15) is 0 Å². The van der Waals surface area contributed by atoms with Gasteiger partial charge in [-0.15, -0.1) is 0 Å². The van der Waals surface area contributed by atoms with E-state index in [2.05, 4.69) is 0 Å². The minimum atomic E-state index is -0.751. The molecule has 0 aliphatic carbocycles. The highest BCUT2D eigenvalue weighted by atomic mass is 19.1. The van der Waals surface area contributed by atoms with Crippen molar-refractivity contribution in [3.63, 3.8) is 0 Å². The molecule has 1 atom stereocenters. The molecule has 0 radical (unpaired) electrons. The quantitative estimate of drug-likeness (QED) is 0.855. The Hall–Kier alpha value is -0.970. The monoisotopic (exact) mass is 226 g/mol. The summed E-state index contributed by atoms with van der Waals surface area (Å²) in [5.74, 6) is -0.340. The smallest absolute Gasteiger partial charge is 0.160 e. The molecule has 1 aromatic rings. The molecule has 0 bridgehead atoms. The molecule has 16 heavy (non-hydrogen) atoms. The first-order valence-electron chi connectivity index (χ1n) is 5.34. The Bertz CT molecular complexity index is 361. The molecular formula is C12H15FO3. The summed E-state index contributed by atoms with van der Waals surface area (Å²) in [6, 6.07) is 4.40. The standard InChI is InChI=1S/C12H15FO3/c1-8-2-3-9(13)6-10(8)11(14)7-12-15-4-5-16-12/h2-3,6,11-12,14H,4-5,7H2,1H3. The first kappa shape index (κ1) is 11.5. The number of ether oxygens (including phenoxy) is 2. The van der Waals surface area contributed by atoms with Crippen LogP contribution in [0, 0.1) is 12.7 Å². The number of aryl methyl sites for hydroxylation is 1. The molecule has 4 heteroatoms. The summed E-state index contributed by atoms with van der Waals surface area (Å²) in [6.45, 7) is 2.95. The summed E-state index contributed by atoms with van der Waals surface area (Å²) in [7, 11) is 0. The first-order valence-corrected chi connectivity index (χ1v) is 5.34. The van der Waals surface area contributed by atoms with Gasteiger partial charge in [0.2, 0.25) is 0 Å². The number of hydrogen-bond donors (Lipinski definition) is 1. The van der Waals surface area contributed by atoms with Gasteiger partial charge in [0.1, 0.15) is 5.82 Å². The second-order valence-corrected chi connectivity index (χ2v) is 3.92. The van der Waals surface area contributed by atoms with Crippen molar-refractivity contribution >= 4 is 0 Å². The summed E-state index contributed by atoms with van der Waals surface area (Å²) in [4.78, 5) is 0. The number of halogens is 1. The predicted molar refractivity (Wildman–Crippen MR) is 56.4 cm³/mol. The van der Waals surface area contributed by atoms with Crippen molar-refractivity contribution in [3.8, 4) is 0 Å². The van der Waals surface area contributed by atoms with Crippen LogP contribution < -0.4 is 0 Å². The van der Waals surface area contributed by atoms with Crippen molar-refractivity contribution in [2.24, 2.45) is 0 Å². The number of rotatable bonds is 3. The van der Waals surface area contributed by atoms with Crippen LogP contribution in [0.4, 0.5) is 4.39 Å². The second-order valence-electron chi connectivity index (χ2n) is 3.92. The zero-order chi connectivity index (χ0) is 11.5. The second kappa shape index (κ2) is 4.91. The van der Waals surface area contributed by atoms with Gasteiger partial charge in [0.15, 0.2) is 6.29 Å². The highest BCUT2D eigenvalue weighted by molar-refractivity contribution is 5.28. The van der Waals surface area contributed by atoms with Crippen molar-refractivity contribution in [2.45, 2.75) is 25.7 Å². The Balaban J connectivity index is 2.07. The maximum Gasteiger partial charge on any atom is 0.160 e. The largest absolute Gasteiger partial charge is 0.388 e. The van der Waals surface area contributed by atoms with Gasteiger partial charge in [0.05, 0.1) is 19.3 Å². The van der Waals surface area contributed by atoms with E-state index >= 15 is 0 Å². The fourth-order valence-corrected chi connectivity index (χ4v) is 1.82. The van der Waals surface area contributed by atoms with E-state index in [-0.39, 0.29) is 12.1 Å². The Morgan fingerprint density at radius 2 is 2.12 bits per heavy atom. The molecule has 0 saturated carbocycles.